The second kappa shape index (κ2) is 4.50. The van der Waals surface area contributed by atoms with Gasteiger partial charge in [0.2, 0.25) is 0 Å². The minimum absolute atomic E-state index is 0.400. The quantitative estimate of drug-likeness (QED) is 0.592. The molecule has 0 fully saturated rings. The maximum Gasteiger partial charge on any atom is 0.171 e. The number of benzene rings is 1. The van der Waals surface area contributed by atoms with Crippen molar-refractivity contribution in [3.63, 3.8) is 0 Å². The number of aryl methyl sites for hydroxylation is 1. The number of thiophene rings is 1. The molecule has 0 saturated heterocycles. The topological polar surface area (TPSA) is 25.8 Å². The second-order valence-corrected chi connectivity index (χ2v) is 5.62. The van der Waals surface area contributed by atoms with Crippen LogP contribution in [0.4, 0.5) is 0 Å². The molecule has 0 aliphatic heterocycles. The molecule has 0 spiro atoms. The lowest BCUT2D eigenvalue weighted by molar-refractivity contribution is 1.23. The van der Waals surface area contributed by atoms with Gasteiger partial charge in [0.25, 0.3) is 0 Å². The molecule has 18 heavy (non-hydrogen) atoms. The number of hydrogen-bond acceptors (Lipinski definition) is 3. The maximum absolute atomic E-state index is 6.23. The van der Waals surface area contributed by atoms with Crippen molar-refractivity contribution in [1.29, 1.82) is 0 Å². The van der Waals surface area contributed by atoms with Crippen LogP contribution in [0.3, 0.4) is 0 Å². The minimum atomic E-state index is 0.400. The van der Waals surface area contributed by atoms with Gasteiger partial charge >= 0.3 is 0 Å². The highest BCUT2D eigenvalue weighted by Crippen LogP contribution is 2.33. The van der Waals surface area contributed by atoms with Gasteiger partial charge in [-0.15, -0.1) is 11.3 Å². The zero-order valence-corrected chi connectivity index (χ0v) is 11.8. The molecule has 0 aliphatic carbocycles. The van der Waals surface area contributed by atoms with E-state index in [1.54, 1.807) is 11.3 Å². The molecule has 0 N–H and O–H groups in total. The van der Waals surface area contributed by atoms with Gasteiger partial charge in [-0.1, -0.05) is 35.3 Å². The van der Waals surface area contributed by atoms with Crippen molar-refractivity contribution in [2.24, 2.45) is 0 Å². The van der Waals surface area contributed by atoms with Gasteiger partial charge in [-0.3, -0.25) is 0 Å². The summed E-state index contributed by atoms with van der Waals surface area (Å²) in [6.07, 6.45) is 0. The molecular formula is C13H8Cl2N2S. The number of halogens is 2. The highest BCUT2D eigenvalue weighted by Gasteiger charge is 2.12. The van der Waals surface area contributed by atoms with Crippen LogP contribution in [0.1, 0.15) is 5.56 Å². The van der Waals surface area contributed by atoms with Gasteiger partial charge in [-0.25, -0.2) is 9.97 Å². The van der Waals surface area contributed by atoms with E-state index in [0.29, 0.717) is 16.0 Å². The molecule has 1 aromatic carbocycles. The lowest BCUT2D eigenvalue weighted by Crippen LogP contribution is -1.93. The fourth-order valence-electron chi connectivity index (χ4n) is 1.81. The molecule has 3 rings (SSSR count). The average Bonchev–Trinajstić information content (AvgIpc) is 2.87. The summed E-state index contributed by atoms with van der Waals surface area (Å²) in [5.74, 6) is 0.646. The van der Waals surface area contributed by atoms with E-state index in [9.17, 15) is 0 Å². The maximum atomic E-state index is 6.23. The Morgan fingerprint density at radius 2 is 1.94 bits per heavy atom. The van der Waals surface area contributed by atoms with Crippen LogP contribution in [0.5, 0.6) is 0 Å². The van der Waals surface area contributed by atoms with Gasteiger partial charge in [-0.05, 0) is 30.0 Å². The first-order chi connectivity index (χ1) is 8.66. The van der Waals surface area contributed by atoms with Crippen LogP contribution < -0.4 is 0 Å². The average molecular weight is 295 g/mol. The normalized spacial score (nSPS) is 11.1. The van der Waals surface area contributed by atoms with Gasteiger partial charge in [0, 0.05) is 0 Å². The van der Waals surface area contributed by atoms with Crippen LogP contribution >= 0.6 is 34.5 Å². The molecule has 0 aliphatic rings. The molecule has 3 aromatic rings. The Labute approximate surface area is 118 Å². The van der Waals surface area contributed by atoms with Crippen LogP contribution in [0.25, 0.3) is 21.6 Å². The van der Waals surface area contributed by atoms with E-state index in [-0.39, 0.29) is 0 Å². The number of nitrogens with zero attached hydrogens (tertiary/aromatic N) is 2. The fraction of sp³-hybridized carbons (Fsp3) is 0.0769. The molecule has 0 atom stereocenters. The number of fused-ring (bicyclic) bond motifs is 1. The molecular weight excluding hydrogens is 287 g/mol. The van der Waals surface area contributed by atoms with Crippen LogP contribution in [0, 0.1) is 6.92 Å². The van der Waals surface area contributed by atoms with Crippen molar-refractivity contribution in [1.82, 2.24) is 9.97 Å². The third kappa shape index (κ3) is 1.88. The van der Waals surface area contributed by atoms with Crippen molar-refractivity contribution >= 4 is 45.4 Å². The number of rotatable bonds is 1. The van der Waals surface area contributed by atoms with E-state index in [1.807, 2.05) is 36.6 Å². The summed E-state index contributed by atoms with van der Waals surface area (Å²) in [6.45, 7) is 1.99. The number of hydrogen-bond donors (Lipinski definition) is 0. The summed E-state index contributed by atoms with van der Waals surface area (Å²) in [5, 5.41) is 3.69. The monoisotopic (exact) mass is 294 g/mol. The van der Waals surface area contributed by atoms with E-state index in [4.69, 9.17) is 23.2 Å². The van der Waals surface area contributed by atoms with Crippen molar-refractivity contribution in [3.05, 3.63) is 45.4 Å². The lowest BCUT2D eigenvalue weighted by atomic mass is 10.1. The summed E-state index contributed by atoms with van der Waals surface area (Å²) in [4.78, 5) is 9.89. The zero-order chi connectivity index (χ0) is 12.7. The van der Waals surface area contributed by atoms with E-state index in [1.165, 1.54) is 0 Å². The van der Waals surface area contributed by atoms with Crippen LogP contribution in [-0.2, 0) is 0 Å². The van der Waals surface area contributed by atoms with E-state index < -0.39 is 0 Å². The third-order valence-corrected chi connectivity index (χ3v) is 4.15. The molecule has 0 amide bonds. The Hall–Kier alpha value is -1.16. The minimum Gasteiger partial charge on any atom is -0.227 e. The molecule has 2 aromatic heterocycles. The summed E-state index contributed by atoms with van der Waals surface area (Å²) in [7, 11) is 0. The van der Waals surface area contributed by atoms with Crippen LogP contribution in [-0.4, -0.2) is 9.97 Å². The van der Waals surface area contributed by atoms with Crippen molar-refractivity contribution in [3.8, 4) is 10.7 Å². The summed E-state index contributed by atoms with van der Waals surface area (Å²) in [5.41, 5.74) is 1.85. The molecule has 0 bridgehead atoms. The fourth-order valence-corrected chi connectivity index (χ4v) is 3.03. The van der Waals surface area contributed by atoms with Gasteiger partial charge < -0.3 is 0 Å². The Morgan fingerprint density at radius 1 is 1.11 bits per heavy atom. The summed E-state index contributed by atoms with van der Waals surface area (Å²) >= 11 is 14.0. The molecule has 0 saturated carbocycles. The van der Waals surface area contributed by atoms with Crippen LogP contribution in [0.2, 0.25) is 10.2 Å². The van der Waals surface area contributed by atoms with Gasteiger partial charge in [0.05, 0.1) is 20.8 Å². The SMILES string of the molecule is Cc1ccc(Cl)c2c(Cl)nc(-c3cccs3)nc12. The highest BCUT2D eigenvalue weighted by molar-refractivity contribution is 7.13. The highest BCUT2D eigenvalue weighted by atomic mass is 35.5. The van der Waals surface area contributed by atoms with E-state index >= 15 is 0 Å². The first-order valence-corrected chi connectivity index (χ1v) is 6.96. The second-order valence-electron chi connectivity index (χ2n) is 3.90. The van der Waals surface area contributed by atoms with E-state index in [2.05, 4.69) is 9.97 Å². The van der Waals surface area contributed by atoms with Crippen molar-refractivity contribution in [2.75, 3.05) is 0 Å². The first kappa shape index (κ1) is 11.9. The van der Waals surface area contributed by atoms with Gasteiger partial charge in [-0.2, -0.15) is 0 Å². The molecule has 90 valence electrons. The van der Waals surface area contributed by atoms with Crippen molar-refractivity contribution in [2.45, 2.75) is 6.92 Å². The summed E-state index contributed by atoms with van der Waals surface area (Å²) in [6, 6.07) is 7.69. The predicted octanol–water partition coefficient (Wildman–Crippen LogP) is 4.97. The van der Waals surface area contributed by atoms with Crippen molar-refractivity contribution < 1.29 is 0 Å². The molecule has 5 heteroatoms. The van der Waals surface area contributed by atoms with E-state index in [0.717, 1.165) is 21.3 Å². The Bertz CT molecular complexity index is 723. The third-order valence-electron chi connectivity index (χ3n) is 2.70. The lowest BCUT2D eigenvalue weighted by Gasteiger charge is -2.07. The molecule has 0 unspecified atom stereocenters. The molecule has 2 nitrogen and oxygen atoms in total. The zero-order valence-electron chi connectivity index (χ0n) is 9.45. The van der Waals surface area contributed by atoms with Crippen LogP contribution in [0.15, 0.2) is 29.6 Å². The Kier molecular flexibility index (Phi) is 2.98. The molecule has 2 heterocycles. The summed E-state index contributed by atoms with van der Waals surface area (Å²) < 4.78 is 0. The molecule has 0 radical (unpaired) electrons. The smallest absolute Gasteiger partial charge is 0.171 e. The number of aromatic nitrogens is 2. The van der Waals surface area contributed by atoms with Gasteiger partial charge in [0.15, 0.2) is 5.82 Å². The predicted molar refractivity (Wildman–Crippen MR) is 77.6 cm³/mol. The van der Waals surface area contributed by atoms with Gasteiger partial charge in [0.1, 0.15) is 5.15 Å². The Morgan fingerprint density at radius 3 is 2.67 bits per heavy atom. The standard InChI is InChI=1S/C13H8Cl2N2S/c1-7-4-5-8(14)10-11(7)16-13(17-12(10)15)9-3-2-6-18-9/h2-6H,1H3. The Balaban J connectivity index is 2.37. The largest absolute Gasteiger partial charge is 0.227 e. The first-order valence-electron chi connectivity index (χ1n) is 5.33.